The second kappa shape index (κ2) is 10.8. The number of hydrogen-bond acceptors (Lipinski definition) is 9. The van der Waals surface area contributed by atoms with Crippen LogP contribution in [0.3, 0.4) is 0 Å². The largest absolute Gasteiger partial charge is 0.443 e. The van der Waals surface area contributed by atoms with Crippen molar-refractivity contribution in [2.24, 2.45) is 7.05 Å². The molecular weight excluding hydrogens is 565 g/mol. The van der Waals surface area contributed by atoms with E-state index in [-0.39, 0.29) is 16.7 Å². The summed E-state index contributed by atoms with van der Waals surface area (Å²) in [7, 11) is 3.28. The Hall–Kier alpha value is -5.72. The molecule has 3 N–H and O–H groups in total. The Morgan fingerprint density at radius 2 is 1.70 bits per heavy atom. The van der Waals surface area contributed by atoms with E-state index in [2.05, 4.69) is 35.9 Å². The van der Waals surface area contributed by atoms with Crippen LogP contribution in [0.25, 0.3) is 44.5 Å². The third kappa shape index (κ3) is 5.30. The van der Waals surface area contributed by atoms with Gasteiger partial charge in [0.2, 0.25) is 5.95 Å². The van der Waals surface area contributed by atoms with Gasteiger partial charge in [0, 0.05) is 42.2 Å². The summed E-state index contributed by atoms with van der Waals surface area (Å²) in [5.74, 6) is 0.265. The smallest absolute Gasteiger partial charge is 0.323 e. The maximum absolute atomic E-state index is 15.0. The number of halogens is 1. The highest BCUT2D eigenvalue weighted by atomic mass is 19.1. The lowest BCUT2D eigenvalue weighted by Gasteiger charge is -2.19. The van der Waals surface area contributed by atoms with E-state index in [1.54, 1.807) is 38.5 Å². The molecule has 0 atom stereocenters. The highest BCUT2D eigenvalue weighted by Crippen LogP contribution is 2.31. The zero-order chi connectivity index (χ0) is 31.2. The summed E-state index contributed by atoms with van der Waals surface area (Å²) >= 11 is 0. The maximum Gasteiger partial charge on any atom is 0.323 e. The van der Waals surface area contributed by atoms with Crippen molar-refractivity contribution in [3.63, 3.8) is 0 Å². The van der Waals surface area contributed by atoms with Gasteiger partial charge in [0.1, 0.15) is 22.8 Å². The van der Waals surface area contributed by atoms with Crippen LogP contribution in [0.4, 0.5) is 26.5 Å². The van der Waals surface area contributed by atoms with Crippen molar-refractivity contribution < 1.29 is 13.6 Å². The molecule has 4 heterocycles. The third-order valence-corrected chi connectivity index (χ3v) is 7.01. The number of benzene rings is 2. The van der Waals surface area contributed by atoms with Crippen LogP contribution >= 0.6 is 0 Å². The van der Waals surface area contributed by atoms with Gasteiger partial charge in [-0.05, 0) is 42.0 Å². The molecule has 0 saturated heterocycles. The van der Waals surface area contributed by atoms with E-state index < -0.39 is 11.8 Å². The molecule has 13 heteroatoms. The number of pyridine rings is 1. The molecule has 0 fully saturated rings. The molecule has 12 nitrogen and oxygen atoms in total. The number of rotatable bonds is 5. The van der Waals surface area contributed by atoms with Gasteiger partial charge in [-0.1, -0.05) is 26.8 Å². The number of aryl methyl sites for hydroxylation is 1. The molecule has 0 radical (unpaired) electrons. The van der Waals surface area contributed by atoms with Crippen LogP contribution in [0.1, 0.15) is 26.6 Å². The Bertz CT molecular complexity index is 2130. The SMILES string of the molecule is CNc1ncc2cc(-c3ccc(F)c(NC(=O)Nc4cnc(C(C)(C)C)nc4-c4ccc5ocnc5c4)c3)c(=O)n(C)c2n1. The summed E-state index contributed by atoms with van der Waals surface area (Å²) in [6, 6.07) is 10.4. The molecule has 0 aliphatic rings. The average molecular weight is 594 g/mol. The lowest BCUT2D eigenvalue weighted by Crippen LogP contribution is -2.23. The van der Waals surface area contributed by atoms with Crippen molar-refractivity contribution in [3.05, 3.63) is 83.2 Å². The fourth-order valence-electron chi connectivity index (χ4n) is 4.70. The predicted octanol–water partition coefficient (Wildman–Crippen LogP) is 5.72. The second-order valence-corrected chi connectivity index (χ2v) is 11.2. The summed E-state index contributed by atoms with van der Waals surface area (Å²) in [5.41, 5.74) is 2.99. The van der Waals surface area contributed by atoms with Crippen LogP contribution in [0.2, 0.25) is 0 Å². The summed E-state index contributed by atoms with van der Waals surface area (Å²) in [6.45, 7) is 5.95. The van der Waals surface area contributed by atoms with Crippen molar-refractivity contribution in [1.29, 1.82) is 0 Å². The average Bonchev–Trinajstić information content (AvgIpc) is 3.48. The van der Waals surface area contributed by atoms with Gasteiger partial charge in [-0.15, -0.1) is 0 Å². The topological polar surface area (TPSA) is 153 Å². The molecule has 2 aromatic carbocycles. The summed E-state index contributed by atoms with van der Waals surface area (Å²) in [6.07, 6.45) is 4.46. The Balaban J connectivity index is 1.33. The quantitative estimate of drug-likeness (QED) is 0.228. The molecule has 2 amide bonds. The van der Waals surface area contributed by atoms with Gasteiger partial charge in [-0.2, -0.15) is 4.98 Å². The number of urea groups is 1. The normalized spacial score (nSPS) is 11.6. The minimum Gasteiger partial charge on any atom is -0.443 e. The van der Waals surface area contributed by atoms with Crippen LogP contribution in [0.5, 0.6) is 0 Å². The molecule has 6 rings (SSSR count). The number of aromatic nitrogens is 6. The Morgan fingerprint density at radius 3 is 2.48 bits per heavy atom. The molecule has 0 aliphatic carbocycles. The predicted molar refractivity (Wildman–Crippen MR) is 166 cm³/mol. The number of oxazole rings is 1. The number of anilines is 3. The molecule has 0 spiro atoms. The first-order valence-electron chi connectivity index (χ1n) is 13.7. The first-order chi connectivity index (χ1) is 21.0. The fraction of sp³-hybridized carbons (Fsp3) is 0.194. The van der Waals surface area contributed by atoms with Gasteiger partial charge < -0.3 is 20.4 Å². The van der Waals surface area contributed by atoms with Crippen molar-refractivity contribution in [3.8, 4) is 22.4 Å². The molecule has 4 aromatic heterocycles. The second-order valence-electron chi connectivity index (χ2n) is 11.2. The minimum atomic E-state index is -0.726. The monoisotopic (exact) mass is 593 g/mol. The standard InChI is InChI=1S/C31H28FN9O3/c1-31(2,3)28-34-14-23(25(39-28)17-7-9-24-22(12-17)36-15-44-24)38-30(43)37-21-11-16(6-8-20(21)32)19-10-18-13-35-29(33-4)40-26(18)41(5)27(19)42/h6-15H,1-5H3,(H,33,35,40)(H2,37,38,43). The van der Waals surface area contributed by atoms with Crippen molar-refractivity contribution >= 4 is 45.5 Å². The lowest BCUT2D eigenvalue weighted by molar-refractivity contribution is 0.262. The summed E-state index contributed by atoms with van der Waals surface area (Å²) in [5, 5.41) is 8.77. The summed E-state index contributed by atoms with van der Waals surface area (Å²) < 4.78 is 21.7. The molecule has 0 bridgehead atoms. The molecule has 0 unspecified atom stereocenters. The van der Waals surface area contributed by atoms with Gasteiger partial charge >= 0.3 is 6.03 Å². The number of nitrogens with one attached hydrogen (secondary N) is 3. The Kier molecular flexibility index (Phi) is 7.00. The zero-order valence-electron chi connectivity index (χ0n) is 24.6. The highest BCUT2D eigenvalue weighted by Gasteiger charge is 2.22. The number of fused-ring (bicyclic) bond motifs is 2. The molecular formula is C31H28FN9O3. The van der Waals surface area contributed by atoms with E-state index in [0.717, 1.165) is 0 Å². The molecule has 222 valence electrons. The van der Waals surface area contributed by atoms with Gasteiger partial charge in [0.15, 0.2) is 12.0 Å². The van der Waals surface area contributed by atoms with E-state index >= 15 is 0 Å². The maximum atomic E-state index is 15.0. The molecule has 6 aromatic rings. The third-order valence-electron chi connectivity index (χ3n) is 7.01. The first kappa shape index (κ1) is 28.4. The van der Waals surface area contributed by atoms with Crippen LogP contribution in [-0.2, 0) is 12.5 Å². The van der Waals surface area contributed by atoms with Gasteiger partial charge in [0.05, 0.1) is 23.3 Å². The first-order valence-corrected chi connectivity index (χ1v) is 13.7. The molecule has 44 heavy (non-hydrogen) atoms. The van der Waals surface area contributed by atoms with E-state index in [9.17, 15) is 14.0 Å². The van der Waals surface area contributed by atoms with Crippen LogP contribution in [-0.4, -0.2) is 42.6 Å². The van der Waals surface area contributed by atoms with Crippen LogP contribution in [0, 0.1) is 5.82 Å². The molecule has 0 aliphatic heterocycles. The van der Waals surface area contributed by atoms with Crippen molar-refractivity contribution in [1.82, 2.24) is 29.5 Å². The Morgan fingerprint density at radius 1 is 0.932 bits per heavy atom. The number of nitrogens with zero attached hydrogens (tertiary/aromatic N) is 6. The van der Waals surface area contributed by atoms with Crippen LogP contribution in [0.15, 0.2) is 70.5 Å². The van der Waals surface area contributed by atoms with Crippen molar-refractivity contribution in [2.75, 3.05) is 23.0 Å². The van der Waals surface area contributed by atoms with Crippen molar-refractivity contribution in [2.45, 2.75) is 26.2 Å². The number of hydrogen-bond donors (Lipinski definition) is 3. The van der Waals surface area contributed by atoms with Gasteiger partial charge in [-0.3, -0.25) is 9.36 Å². The van der Waals surface area contributed by atoms with E-state index in [1.165, 1.54) is 35.4 Å². The zero-order valence-corrected chi connectivity index (χ0v) is 24.6. The number of amides is 2. The minimum absolute atomic E-state index is 0.123. The Labute approximate surface area is 250 Å². The van der Waals surface area contributed by atoms with Gasteiger partial charge in [-0.25, -0.2) is 29.1 Å². The fourth-order valence-corrected chi connectivity index (χ4v) is 4.70. The molecule has 0 saturated carbocycles. The van der Waals surface area contributed by atoms with E-state index in [4.69, 9.17) is 9.40 Å². The lowest BCUT2D eigenvalue weighted by atomic mass is 9.95. The van der Waals surface area contributed by atoms with E-state index in [1.807, 2.05) is 26.8 Å². The number of carbonyl (C=O) groups excluding carboxylic acids is 1. The summed E-state index contributed by atoms with van der Waals surface area (Å²) in [4.78, 5) is 48.5. The number of carbonyl (C=O) groups is 1. The van der Waals surface area contributed by atoms with Gasteiger partial charge in [0.25, 0.3) is 5.56 Å². The highest BCUT2D eigenvalue weighted by molar-refractivity contribution is 6.02. The van der Waals surface area contributed by atoms with E-state index in [0.29, 0.717) is 62.0 Å². The van der Waals surface area contributed by atoms with Crippen LogP contribution < -0.4 is 21.5 Å².